The molecule has 0 aliphatic carbocycles. The third-order valence-electron chi connectivity index (χ3n) is 2.84. The average molecular weight is 328 g/mol. The number of aromatic hydroxyl groups is 1. The Morgan fingerprint density at radius 2 is 1.80 bits per heavy atom. The molecular weight excluding hydrogens is 318 g/mol. The molecule has 0 atom stereocenters. The highest BCUT2D eigenvalue weighted by Crippen LogP contribution is 2.35. The Labute approximate surface area is 123 Å². The maximum Gasteiger partial charge on any atom is 0.174 e. The molecule has 0 saturated carbocycles. The molecule has 0 unspecified atom stereocenters. The van der Waals surface area contributed by atoms with Crippen molar-refractivity contribution in [1.29, 1.82) is 0 Å². The fourth-order valence-corrected chi connectivity index (χ4v) is 2.11. The smallest absolute Gasteiger partial charge is 0.174 e. The van der Waals surface area contributed by atoms with Gasteiger partial charge in [0.05, 0.1) is 0 Å². The van der Waals surface area contributed by atoms with Gasteiger partial charge < -0.3 is 5.11 Å². The number of rotatable bonds is 2. The zero-order valence-electron chi connectivity index (χ0n) is 10.4. The molecule has 4 nitrogen and oxygen atoms in total. The van der Waals surface area contributed by atoms with Gasteiger partial charge in [-0.15, -0.1) is 10.2 Å². The van der Waals surface area contributed by atoms with Gasteiger partial charge in [-0.05, 0) is 39.5 Å². The molecule has 3 aromatic rings. The molecule has 1 N–H and O–H groups in total. The molecule has 20 heavy (non-hydrogen) atoms. The molecule has 0 fully saturated rings. The third kappa shape index (κ3) is 2.53. The summed E-state index contributed by atoms with van der Waals surface area (Å²) in [5, 5.41) is 20.0. The fourth-order valence-electron chi connectivity index (χ4n) is 1.88. The predicted molar refractivity (Wildman–Crippen MR) is 81.7 cm³/mol. The quantitative estimate of drug-likeness (QED) is 0.664. The van der Waals surface area contributed by atoms with Gasteiger partial charge in [-0.3, -0.25) is 0 Å². The number of nitrogens with zero attached hydrogens (tertiary/aromatic N) is 3. The molecule has 0 aliphatic rings. The number of azo groups is 1. The van der Waals surface area contributed by atoms with Crippen LogP contribution in [0.5, 0.6) is 5.75 Å². The van der Waals surface area contributed by atoms with Crippen molar-refractivity contribution in [2.24, 2.45) is 10.2 Å². The van der Waals surface area contributed by atoms with Crippen LogP contribution in [0.3, 0.4) is 0 Å². The van der Waals surface area contributed by atoms with Gasteiger partial charge in [-0.1, -0.05) is 30.3 Å². The van der Waals surface area contributed by atoms with Gasteiger partial charge in [-0.2, -0.15) is 0 Å². The van der Waals surface area contributed by atoms with Crippen molar-refractivity contribution >= 4 is 38.2 Å². The summed E-state index contributed by atoms with van der Waals surface area (Å²) < 4.78 is 0.879. The van der Waals surface area contributed by atoms with Crippen LogP contribution in [0, 0.1) is 0 Å². The second kappa shape index (κ2) is 5.38. The van der Waals surface area contributed by atoms with Crippen LogP contribution >= 0.6 is 15.9 Å². The average Bonchev–Trinajstić information content (AvgIpc) is 2.48. The van der Waals surface area contributed by atoms with E-state index in [9.17, 15) is 5.11 Å². The molecule has 0 spiro atoms. The first-order chi connectivity index (χ1) is 9.74. The van der Waals surface area contributed by atoms with E-state index in [0.717, 1.165) is 15.2 Å². The number of fused-ring (bicyclic) bond motifs is 1. The van der Waals surface area contributed by atoms with E-state index in [-0.39, 0.29) is 5.75 Å². The van der Waals surface area contributed by atoms with Gasteiger partial charge in [0, 0.05) is 16.1 Å². The van der Waals surface area contributed by atoms with Crippen LogP contribution < -0.4 is 0 Å². The summed E-state index contributed by atoms with van der Waals surface area (Å²) in [6.45, 7) is 0. The zero-order chi connectivity index (χ0) is 13.9. The Morgan fingerprint density at radius 1 is 0.950 bits per heavy atom. The number of benzene rings is 2. The maximum absolute atomic E-state index is 9.95. The van der Waals surface area contributed by atoms with E-state index in [4.69, 9.17) is 0 Å². The van der Waals surface area contributed by atoms with Crippen molar-refractivity contribution in [3.8, 4) is 5.75 Å². The number of hydrogen-bond donors (Lipinski definition) is 1. The van der Waals surface area contributed by atoms with E-state index >= 15 is 0 Å². The van der Waals surface area contributed by atoms with Crippen molar-refractivity contribution < 1.29 is 5.11 Å². The minimum Gasteiger partial charge on any atom is -0.506 e. The summed E-state index contributed by atoms with van der Waals surface area (Å²) in [6, 6.07) is 14.8. The third-order valence-corrected chi connectivity index (χ3v) is 3.31. The first-order valence-electron chi connectivity index (χ1n) is 5.98. The number of phenolic OH excluding ortho intramolecular Hbond substituents is 1. The SMILES string of the molecule is Oc1ccc2ccccc2c1N=Nc1ccc(Br)cn1. The van der Waals surface area contributed by atoms with Crippen molar-refractivity contribution in [3.05, 3.63) is 59.2 Å². The monoisotopic (exact) mass is 327 g/mol. The van der Waals surface area contributed by atoms with Crippen LogP contribution in [-0.4, -0.2) is 10.1 Å². The molecule has 0 bridgehead atoms. The second-order valence-electron chi connectivity index (χ2n) is 4.19. The highest BCUT2D eigenvalue weighted by atomic mass is 79.9. The van der Waals surface area contributed by atoms with Gasteiger partial charge >= 0.3 is 0 Å². The van der Waals surface area contributed by atoms with Crippen molar-refractivity contribution in [2.75, 3.05) is 0 Å². The van der Waals surface area contributed by atoms with Crippen molar-refractivity contribution in [3.63, 3.8) is 0 Å². The van der Waals surface area contributed by atoms with E-state index in [1.54, 1.807) is 18.3 Å². The lowest BCUT2D eigenvalue weighted by atomic mass is 10.1. The van der Waals surface area contributed by atoms with Crippen LogP contribution in [0.15, 0.2) is 69.4 Å². The maximum atomic E-state index is 9.95. The molecule has 3 rings (SSSR count). The molecule has 0 aliphatic heterocycles. The summed E-state index contributed by atoms with van der Waals surface area (Å²) in [7, 11) is 0. The number of halogens is 1. The summed E-state index contributed by atoms with van der Waals surface area (Å²) in [6.07, 6.45) is 1.65. The predicted octanol–water partition coefficient (Wildman–Crippen LogP) is 5.12. The van der Waals surface area contributed by atoms with Gasteiger partial charge in [0.25, 0.3) is 0 Å². The number of aromatic nitrogens is 1. The number of pyridine rings is 1. The lowest BCUT2D eigenvalue weighted by Crippen LogP contribution is -1.75. The molecule has 2 aromatic carbocycles. The molecule has 0 saturated heterocycles. The van der Waals surface area contributed by atoms with E-state index in [1.165, 1.54) is 0 Å². The highest BCUT2D eigenvalue weighted by Gasteiger charge is 2.05. The minimum atomic E-state index is 0.101. The van der Waals surface area contributed by atoms with Gasteiger partial charge in [-0.25, -0.2) is 4.98 Å². The van der Waals surface area contributed by atoms with Crippen molar-refractivity contribution in [1.82, 2.24) is 4.98 Å². The molecule has 98 valence electrons. The summed E-state index contributed by atoms with van der Waals surface area (Å²) in [5.74, 6) is 0.588. The zero-order valence-corrected chi connectivity index (χ0v) is 11.9. The minimum absolute atomic E-state index is 0.101. The van der Waals surface area contributed by atoms with E-state index in [1.807, 2.05) is 36.4 Å². The number of hydrogen-bond acceptors (Lipinski definition) is 4. The van der Waals surface area contributed by atoms with E-state index in [2.05, 4.69) is 31.1 Å². The molecule has 5 heteroatoms. The van der Waals surface area contributed by atoms with Gasteiger partial charge in [0.2, 0.25) is 0 Å². The van der Waals surface area contributed by atoms with Crippen LogP contribution in [0.25, 0.3) is 10.8 Å². The molecule has 0 amide bonds. The Morgan fingerprint density at radius 3 is 2.60 bits per heavy atom. The standard InChI is InChI=1S/C15H10BrN3O/c16-11-6-8-14(17-9-11)18-19-15-12-4-2-1-3-10(12)5-7-13(15)20/h1-9,20H. The first kappa shape index (κ1) is 12.7. The summed E-state index contributed by atoms with van der Waals surface area (Å²) in [5.41, 5.74) is 0.452. The largest absolute Gasteiger partial charge is 0.506 e. The first-order valence-corrected chi connectivity index (χ1v) is 6.77. The second-order valence-corrected chi connectivity index (χ2v) is 5.10. The molecular formula is C15H10BrN3O. The Hall–Kier alpha value is -2.27. The van der Waals surface area contributed by atoms with Gasteiger partial charge in [0.1, 0.15) is 11.4 Å². The number of phenols is 1. The lowest BCUT2D eigenvalue weighted by molar-refractivity contribution is 0.477. The van der Waals surface area contributed by atoms with Crippen molar-refractivity contribution in [2.45, 2.75) is 0 Å². The Bertz CT molecular complexity index is 785. The van der Waals surface area contributed by atoms with Crippen LogP contribution in [0.1, 0.15) is 0 Å². The van der Waals surface area contributed by atoms with Crippen LogP contribution in [-0.2, 0) is 0 Å². The normalized spacial score (nSPS) is 11.2. The van der Waals surface area contributed by atoms with E-state index in [0.29, 0.717) is 11.5 Å². The lowest BCUT2D eigenvalue weighted by Gasteiger charge is -2.03. The molecule has 0 radical (unpaired) electrons. The Balaban J connectivity index is 2.06. The van der Waals surface area contributed by atoms with Gasteiger partial charge in [0.15, 0.2) is 5.82 Å². The summed E-state index contributed by atoms with van der Waals surface area (Å²) in [4.78, 5) is 4.11. The molecule has 1 heterocycles. The topological polar surface area (TPSA) is 57.8 Å². The Kier molecular flexibility index (Phi) is 3.43. The van der Waals surface area contributed by atoms with Crippen LogP contribution in [0.2, 0.25) is 0 Å². The summed E-state index contributed by atoms with van der Waals surface area (Å²) >= 11 is 3.31. The highest BCUT2D eigenvalue weighted by molar-refractivity contribution is 9.10. The van der Waals surface area contributed by atoms with Crippen LogP contribution in [0.4, 0.5) is 11.5 Å². The van der Waals surface area contributed by atoms with E-state index < -0.39 is 0 Å². The fraction of sp³-hybridized carbons (Fsp3) is 0. The molecule has 1 aromatic heterocycles.